The molecular formula is C20H20BrNO5S2. The van der Waals surface area contributed by atoms with Gasteiger partial charge in [-0.3, -0.25) is 0 Å². The molecule has 1 aromatic heterocycles. The minimum absolute atomic E-state index is 0.181. The molecule has 0 aliphatic rings. The van der Waals surface area contributed by atoms with E-state index < -0.39 is 10.0 Å². The number of benzene rings is 2. The van der Waals surface area contributed by atoms with E-state index in [4.69, 9.17) is 13.9 Å². The maximum absolute atomic E-state index is 12.2. The SMILES string of the molecule is CNS(=O)(=O)C(=Cc1cccc(OC)c1OCc1cc(Br)c2occc2c1)SC. The van der Waals surface area contributed by atoms with Gasteiger partial charge in [-0.05, 0) is 65.1 Å². The maximum Gasteiger partial charge on any atom is 0.246 e. The van der Waals surface area contributed by atoms with Gasteiger partial charge in [0.2, 0.25) is 10.0 Å². The van der Waals surface area contributed by atoms with Gasteiger partial charge in [0, 0.05) is 10.9 Å². The molecule has 9 heteroatoms. The Kier molecular flexibility index (Phi) is 6.94. The number of fused-ring (bicyclic) bond motifs is 1. The van der Waals surface area contributed by atoms with Gasteiger partial charge in [-0.1, -0.05) is 12.1 Å². The number of hydrogen-bond donors (Lipinski definition) is 1. The first-order chi connectivity index (χ1) is 13.9. The zero-order valence-electron chi connectivity index (χ0n) is 16.1. The minimum atomic E-state index is -3.57. The van der Waals surface area contributed by atoms with Crippen LogP contribution in [-0.2, 0) is 16.6 Å². The van der Waals surface area contributed by atoms with E-state index in [-0.39, 0.29) is 10.8 Å². The smallest absolute Gasteiger partial charge is 0.246 e. The topological polar surface area (TPSA) is 77.8 Å². The number of halogens is 1. The first-order valence-electron chi connectivity index (χ1n) is 8.54. The molecule has 29 heavy (non-hydrogen) atoms. The van der Waals surface area contributed by atoms with Gasteiger partial charge in [0.25, 0.3) is 0 Å². The van der Waals surface area contributed by atoms with Crippen LogP contribution in [0.3, 0.4) is 0 Å². The van der Waals surface area contributed by atoms with Crippen molar-refractivity contribution in [2.24, 2.45) is 0 Å². The molecule has 0 unspecified atom stereocenters. The lowest BCUT2D eigenvalue weighted by Crippen LogP contribution is -2.18. The summed E-state index contributed by atoms with van der Waals surface area (Å²) in [5.41, 5.74) is 2.31. The highest BCUT2D eigenvalue weighted by Crippen LogP contribution is 2.35. The molecule has 0 aliphatic heterocycles. The normalized spacial score (nSPS) is 12.3. The second-order valence-electron chi connectivity index (χ2n) is 5.96. The standard InChI is InChI=1S/C20H20BrNO5S2/c1-22-29(23,24)18(28-3)11-14-5-4-6-17(25-2)20(14)27-12-13-9-15-7-8-26-19(15)16(21)10-13/h4-11,22H,12H2,1-3H3. The summed E-state index contributed by atoms with van der Waals surface area (Å²) in [5.74, 6) is 0.987. The maximum atomic E-state index is 12.2. The van der Waals surface area contributed by atoms with E-state index in [0.717, 1.165) is 32.8 Å². The summed E-state index contributed by atoms with van der Waals surface area (Å²) in [6, 6.07) is 11.1. The van der Waals surface area contributed by atoms with Gasteiger partial charge in [0.15, 0.2) is 11.5 Å². The van der Waals surface area contributed by atoms with Crippen LogP contribution in [0.15, 0.2) is 55.8 Å². The molecule has 6 nitrogen and oxygen atoms in total. The third-order valence-corrected chi connectivity index (χ3v) is 7.64. The lowest BCUT2D eigenvalue weighted by atomic mass is 10.1. The van der Waals surface area contributed by atoms with Crippen molar-refractivity contribution in [3.05, 3.63) is 62.5 Å². The van der Waals surface area contributed by atoms with E-state index in [2.05, 4.69) is 20.7 Å². The summed E-state index contributed by atoms with van der Waals surface area (Å²) in [4.78, 5) is 0. The lowest BCUT2D eigenvalue weighted by molar-refractivity contribution is 0.284. The highest BCUT2D eigenvalue weighted by atomic mass is 79.9. The van der Waals surface area contributed by atoms with Crippen LogP contribution < -0.4 is 14.2 Å². The van der Waals surface area contributed by atoms with Crippen LogP contribution >= 0.6 is 27.7 Å². The fourth-order valence-corrected chi connectivity index (χ4v) is 5.24. The quantitative estimate of drug-likeness (QED) is 0.472. The number of ether oxygens (including phenoxy) is 2. The van der Waals surface area contributed by atoms with E-state index in [9.17, 15) is 8.42 Å². The van der Waals surface area contributed by atoms with Crippen LogP contribution in [0, 0.1) is 0 Å². The van der Waals surface area contributed by atoms with Gasteiger partial charge in [0.05, 0.1) is 17.8 Å². The van der Waals surface area contributed by atoms with E-state index in [1.807, 2.05) is 18.2 Å². The third-order valence-electron chi connectivity index (χ3n) is 4.19. The summed E-state index contributed by atoms with van der Waals surface area (Å²) in [5, 5.41) is 0.961. The van der Waals surface area contributed by atoms with Gasteiger partial charge in [-0.25, -0.2) is 13.1 Å². The Bertz CT molecular complexity index is 1150. The van der Waals surface area contributed by atoms with E-state index in [0.29, 0.717) is 17.1 Å². The first-order valence-corrected chi connectivity index (χ1v) is 12.0. The molecule has 3 aromatic rings. The summed E-state index contributed by atoms with van der Waals surface area (Å²) < 4.78 is 44.8. The van der Waals surface area contributed by atoms with E-state index >= 15 is 0 Å². The third kappa shape index (κ3) is 4.80. The number of para-hydroxylation sites is 1. The van der Waals surface area contributed by atoms with E-state index in [1.165, 1.54) is 7.05 Å². The summed E-state index contributed by atoms with van der Waals surface area (Å²) in [7, 11) is -0.648. The molecular weight excluding hydrogens is 478 g/mol. The molecule has 0 spiro atoms. The van der Waals surface area contributed by atoms with Crippen molar-refractivity contribution in [3.8, 4) is 11.5 Å². The number of sulfonamides is 1. The van der Waals surface area contributed by atoms with Gasteiger partial charge in [0.1, 0.15) is 16.4 Å². The van der Waals surface area contributed by atoms with Crippen LogP contribution in [0.5, 0.6) is 11.5 Å². The fourth-order valence-electron chi connectivity index (χ4n) is 2.77. The summed E-state index contributed by atoms with van der Waals surface area (Å²) in [6.45, 7) is 0.272. The Morgan fingerprint density at radius 2 is 2.10 bits per heavy atom. The van der Waals surface area contributed by atoms with Crippen molar-refractivity contribution in [2.45, 2.75) is 6.61 Å². The second-order valence-corrected chi connectivity index (χ2v) is 9.77. The van der Waals surface area contributed by atoms with Crippen LogP contribution in [0.1, 0.15) is 11.1 Å². The van der Waals surface area contributed by atoms with Crippen molar-refractivity contribution in [2.75, 3.05) is 20.4 Å². The largest absolute Gasteiger partial charge is 0.493 e. The minimum Gasteiger partial charge on any atom is -0.493 e. The zero-order valence-corrected chi connectivity index (χ0v) is 19.3. The van der Waals surface area contributed by atoms with Gasteiger partial charge >= 0.3 is 0 Å². The van der Waals surface area contributed by atoms with Crippen LogP contribution in [0.4, 0.5) is 0 Å². The van der Waals surface area contributed by atoms with Gasteiger partial charge < -0.3 is 13.9 Å². The zero-order chi connectivity index (χ0) is 21.0. The molecule has 3 rings (SSSR count). The van der Waals surface area contributed by atoms with Crippen LogP contribution in [0.2, 0.25) is 0 Å². The second kappa shape index (κ2) is 9.25. The van der Waals surface area contributed by atoms with Crippen LogP contribution in [0.25, 0.3) is 17.0 Å². The van der Waals surface area contributed by atoms with Crippen molar-refractivity contribution in [1.82, 2.24) is 4.72 Å². The first kappa shape index (κ1) is 21.8. The number of nitrogens with one attached hydrogen (secondary N) is 1. The Balaban J connectivity index is 1.97. The number of thioether (sulfide) groups is 1. The summed E-state index contributed by atoms with van der Waals surface area (Å²) in [6.07, 6.45) is 4.91. The van der Waals surface area contributed by atoms with Crippen molar-refractivity contribution >= 4 is 54.8 Å². The number of methoxy groups -OCH3 is 1. The highest BCUT2D eigenvalue weighted by molar-refractivity contribution is 9.10. The van der Waals surface area contributed by atoms with Crippen LogP contribution in [-0.4, -0.2) is 28.8 Å². The monoisotopic (exact) mass is 497 g/mol. The van der Waals surface area contributed by atoms with Crippen molar-refractivity contribution in [1.29, 1.82) is 0 Å². The van der Waals surface area contributed by atoms with Crippen molar-refractivity contribution in [3.63, 3.8) is 0 Å². The Labute approximate surface area is 182 Å². The molecule has 0 amide bonds. The molecule has 0 saturated carbocycles. The predicted octanol–water partition coefficient (Wildman–Crippen LogP) is 4.99. The molecule has 154 valence electrons. The molecule has 0 radical (unpaired) electrons. The van der Waals surface area contributed by atoms with E-state index in [1.54, 1.807) is 43.9 Å². The Morgan fingerprint density at radius 3 is 2.79 bits per heavy atom. The molecule has 0 aliphatic carbocycles. The lowest BCUT2D eigenvalue weighted by Gasteiger charge is -2.15. The van der Waals surface area contributed by atoms with Gasteiger partial charge in [-0.2, -0.15) is 0 Å². The number of hydrogen-bond acceptors (Lipinski definition) is 6. The highest BCUT2D eigenvalue weighted by Gasteiger charge is 2.17. The molecule has 0 saturated heterocycles. The molecule has 1 heterocycles. The molecule has 0 fully saturated rings. The number of rotatable bonds is 8. The predicted molar refractivity (Wildman–Crippen MR) is 121 cm³/mol. The Morgan fingerprint density at radius 1 is 1.31 bits per heavy atom. The van der Waals surface area contributed by atoms with Gasteiger partial charge in [-0.15, -0.1) is 11.8 Å². The molecule has 2 aromatic carbocycles. The molecule has 0 bridgehead atoms. The fraction of sp³-hybridized carbons (Fsp3) is 0.200. The average molecular weight is 498 g/mol. The summed E-state index contributed by atoms with van der Waals surface area (Å²) >= 11 is 4.64. The molecule has 1 N–H and O–H groups in total. The number of furan rings is 1. The molecule has 0 atom stereocenters. The van der Waals surface area contributed by atoms with Crippen molar-refractivity contribution < 1.29 is 22.3 Å². The average Bonchev–Trinajstić information content (AvgIpc) is 3.19. The Hall–Kier alpha value is -1.94.